The molecule has 2 atom stereocenters. The van der Waals surface area contributed by atoms with Crippen molar-refractivity contribution in [1.29, 1.82) is 0 Å². The maximum Gasteiger partial charge on any atom is 0.253 e. The van der Waals surface area contributed by atoms with Crippen molar-refractivity contribution >= 4 is 28.4 Å². The van der Waals surface area contributed by atoms with Crippen LogP contribution in [0.4, 0.5) is 4.39 Å². The highest BCUT2D eigenvalue weighted by Gasteiger charge is 2.27. The molecule has 0 radical (unpaired) electrons. The number of aliphatic hydroxyl groups is 1. The molecule has 1 amide bonds. The van der Waals surface area contributed by atoms with Gasteiger partial charge in [0.2, 0.25) is 0 Å². The second-order valence-corrected chi connectivity index (χ2v) is 7.80. The van der Waals surface area contributed by atoms with Crippen LogP contribution in [0.3, 0.4) is 0 Å². The van der Waals surface area contributed by atoms with Gasteiger partial charge < -0.3 is 15.0 Å². The number of nitrogens with zero attached hydrogens (tertiary/aromatic N) is 1. The minimum Gasteiger partial charge on any atom is -0.391 e. The molecule has 4 rings (SSSR count). The van der Waals surface area contributed by atoms with E-state index in [2.05, 4.69) is 5.32 Å². The number of carbonyl (C=O) groups excluding carboxylic acids is 1. The van der Waals surface area contributed by atoms with Gasteiger partial charge in [-0.1, -0.05) is 42.6 Å². The Hall–Kier alpha value is -2.37. The van der Waals surface area contributed by atoms with Crippen LogP contribution in [0.1, 0.15) is 41.6 Å². The van der Waals surface area contributed by atoms with Gasteiger partial charge in [-0.15, -0.1) is 0 Å². The fraction of sp³-hybridized carbons (Fsp3) is 0.318. The van der Waals surface area contributed by atoms with E-state index in [1.54, 1.807) is 24.4 Å². The van der Waals surface area contributed by atoms with Crippen LogP contribution in [0.2, 0.25) is 5.02 Å². The number of rotatable bonds is 4. The fourth-order valence-corrected chi connectivity index (χ4v) is 4.18. The van der Waals surface area contributed by atoms with E-state index < -0.39 is 11.9 Å². The standard InChI is InChI=1S/C22H22ClFN2O2/c23-15-6-3-5-14(11-15)12-26-13-16(21-17(24)7-4-9-19(21)26)22(28)25-18-8-1-2-10-20(18)27/h3-7,9,11,13,18,20,27H,1-2,8,10,12H2,(H,25,28)/t18-,20-/m0/s1. The van der Waals surface area contributed by atoms with Crippen LogP contribution in [0.15, 0.2) is 48.7 Å². The Morgan fingerprint density at radius 1 is 1.21 bits per heavy atom. The van der Waals surface area contributed by atoms with Gasteiger partial charge in [-0.25, -0.2) is 4.39 Å². The lowest BCUT2D eigenvalue weighted by Crippen LogP contribution is -2.45. The van der Waals surface area contributed by atoms with Crippen LogP contribution >= 0.6 is 11.6 Å². The monoisotopic (exact) mass is 400 g/mol. The Morgan fingerprint density at radius 3 is 2.79 bits per heavy atom. The lowest BCUT2D eigenvalue weighted by molar-refractivity contribution is 0.0718. The fourth-order valence-electron chi connectivity index (χ4n) is 3.97. The van der Waals surface area contributed by atoms with Crippen molar-refractivity contribution < 1.29 is 14.3 Å². The summed E-state index contributed by atoms with van der Waals surface area (Å²) in [5.74, 6) is -0.789. The van der Waals surface area contributed by atoms with Crippen molar-refractivity contribution in [1.82, 2.24) is 9.88 Å². The number of halogens is 2. The van der Waals surface area contributed by atoms with Crippen LogP contribution < -0.4 is 5.32 Å². The van der Waals surface area contributed by atoms with Gasteiger partial charge in [0.25, 0.3) is 5.91 Å². The molecule has 1 fully saturated rings. The number of benzene rings is 2. The lowest BCUT2D eigenvalue weighted by atomic mass is 9.92. The van der Waals surface area contributed by atoms with Crippen molar-refractivity contribution in [3.05, 3.63) is 70.6 Å². The molecule has 1 heterocycles. The Kier molecular flexibility index (Phi) is 5.38. The molecule has 0 saturated heterocycles. The topological polar surface area (TPSA) is 54.3 Å². The molecule has 0 unspecified atom stereocenters. The first-order valence-electron chi connectivity index (χ1n) is 9.53. The molecule has 6 heteroatoms. The SMILES string of the molecule is O=C(N[C@H]1CCCC[C@@H]1O)c1cn(Cc2cccc(Cl)c2)c2cccc(F)c12. The first kappa shape index (κ1) is 19.0. The second-order valence-electron chi connectivity index (χ2n) is 7.37. The van der Waals surface area contributed by atoms with Crippen LogP contribution in [-0.4, -0.2) is 27.7 Å². The van der Waals surface area contributed by atoms with Crippen LogP contribution in [-0.2, 0) is 6.54 Å². The third kappa shape index (κ3) is 3.77. The summed E-state index contributed by atoms with van der Waals surface area (Å²) in [6.45, 7) is 0.472. The molecule has 1 aromatic heterocycles. The lowest BCUT2D eigenvalue weighted by Gasteiger charge is -2.28. The van der Waals surface area contributed by atoms with Gasteiger partial charge in [0.1, 0.15) is 5.82 Å². The number of aromatic nitrogens is 1. The Morgan fingerprint density at radius 2 is 2.00 bits per heavy atom. The van der Waals surface area contributed by atoms with Crippen molar-refractivity contribution in [2.24, 2.45) is 0 Å². The summed E-state index contributed by atoms with van der Waals surface area (Å²) in [6, 6.07) is 12.0. The number of nitrogens with one attached hydrogen (secondary N) is 1. The Labute approximate surface area is 167 Å². The molecule has 1 saturated carbocycles. The highest BCUT2D eigenvalue weighted by molar-refractivity contribution is 6.30. The average Bonchev–Trinajstić information content (AvgIpc) is 3.04. The van der Waals surface area contributed by atoms with Crippen molar-refractivity contribution in [2.75, 3.05) is 0 Å². The smallest absolute Gasteiger partial charge is 0.253 e. The normalized spacial score (nSPS) is 19.7. The summed E-state index contributed by atoms with van der Waals surface area (Å²) in [5, 5.41) is 14.0. The van der Waals surface area contributed by atoms with Gasteiger partial charge in [0, 0.05) is 23.2 Å². The number of aliphatic hydroxyl groups excluding tert-OH is 1. The Bertz CT molecular complexity index is 1020. The largest absolute Gasteiger partial charge is 0.391 e. The number of amides is 1. The predicted molar refractivity (Wildman–Crippen MR) is 108 cm³/mol. The first-order valence-corrected chi connectivity index (χ1v) is 9.91. The average molecular weight is 401 g/mol. The summed E-state index contributed by atoms with van der Waals surface area (Å²) in [6.07, 6.45) is 4.46. The van der Waals surface area contributed by atoms with Crippen molar-refractivity contribution in [3.8, 4) is 0 Å². The summed E-state index contributed by atoms with van der Waals surface area (Å²) in [5.41, 5.74) is 1.89. The highest BCUT2D eigenvalue weighted by atomic mass is 35.5. The van der Waals surface area contributed by atoms with E-state index in [1.165, 1.54) is 6.07 Å². The quantitative estimate of drug-likeness (QED) is 0.676. The minimum absolute atomic E-state index is 0.285. The molecule has 2 aromatic carbocycles. The number of carbonyl (C=O) groups is 1. The third-order valence-corrected chi connectivity index (χ3v) is 5.62. The van der Waals surface area contributed by atoms with Gasteiger partial charge in [-0.3, -0.25) is 4.79 Å². The maximum absolute atomic E-state index is 14.6. The summed E-state index contributed by atoms with van der Waals surface area (Å²) < 4.78 is 16.5. The first-order chi connectivity index (χ1) is 13.5. The van der Waals surface area contributed by atoms with E-state index in [-0.39, 0.29) is 17.5 Å². The summed E-state index contributed by atoms with van der Waals surface area (Å²) in [4.78, 5) is 12.9. The van der Waals surface area contributed by atoms with Gasteiger partial charge in [0.05, 0.1) is 23.2 Å². The van der Waals surface area contributed by atoms with Crippen molar-refractivity contribution in [2.45, 2.75) is 44.4 Å². The van der Waals surface area contributed by atoms with Crippen LogP contribution in [0, 0.1) is 5.82 Å². The zero-order valence-corrected chi connectivity index (χ0v) is 16.1. The predicted octanol–water partition coefficient (Wildman–Crippen LogP) is 4.52. The number of hydrogen-bond acceptors (Lipinski definition) is 2. The molecule has 4 nitrogen and oxygen atoms in total. The molecular formula is C22H22ClFN2O2. The van der Waals surface area contributed by atoms with E-state index in [0.29, 0.717) is 28.9 Å². The highest BCUT2D eigenvalue weighted by Crippen LogP contribution is 2.27. The molecule has 28 heavy (non-hydrogen) atoms. The van der Waals surface area contributed by atoms with Gasteiger partial charge in [0.15, 0.2) is 0 Å². The minimum atomic E-state index is -0.553. The molecule has 0 aliphatic heterocycles. The number of fused-ring (bicyclic) bond motifs is 1. The molecule has 1 aliphatic carbocycles. The maximum atomic E-state index is 14.6. The second kappa shape index (κ2) is 7.94. The van der Waals surface area contributed by atoms with Crippen molar-refractivity contribution in [3.63, 3.8) is 0 Å². The summed E-state index contributed by atoms with van der Waals surface area (Å²) >= 11 is 6.08. The molecule has 0 spiro atoms. The van der Waals surface area contributed by atoms with E-state index >= 15 is 0 Å². The van der Waals surface area contributed by atoms with E-state index in [4.69, 9.17) is 11.6 Å². The molecule has 146 valence electrons. The number of hydrogen-bond donors (Lipinski definition) is 2. The third-order valence-electron chi connectivity index (χ3n) is 5.39. The Balaban J connectivity index is 1.69. The van der Waals surface area contributed by atoms with Crippen LogP contribution in [0.25, 0.3) is 10.9 Å². The zero-order valence-electron chi connectivity index (χ0n) is 15.4. The van der Waals surface area contributed by atoms with E-state index in [9.17, 15) is 14.3 Å². The van der Waals surface area contributed by atoms with Gasteiger partial charge >= 0.3 is 0 Å². The zero-order chi connectivity index (χ0) is 19.7. The van der Waals surface area contributed by atoms with Crippen LogP contribution in [0.5, 0.6) is 0 Å². The van der Waals surface area contributed by atoms with Gasteiger partial charge in [-0.2, -0.15) is 0 Å². The van der Waals surface area contributed by atoms with Gasteiger partial charge in [-0.05, 0) is 42.7 Å². The van der Waals surface area contributed by atoms with E-state index in [0.717, 1.165) is 24.8 Å². The molecule has 3 aromatic rings. The molecule has 1 aliphatic rings. The molecule has 0 bridgehead atoms. The summed E-state index contributed by atoms with van der Waals surface area (Å²) in [7, 11) is 0. The molecular weight excluding hydrogens is 379 g/mol. The van der Waals surface area contributed by atoms with E-state index in [1.807, 2.05) is 22.8 Å². The molecule has 2 N–H and O–H groups in total.